The van der Waals surface area contributed by atoms with Crippen LogP contribution in [0.4, 0.5) is 8.78 Å². The Morgan fingerprint density at radius 1 is 1.24 bits per heavy atom. The predicted octanol–water partition coefficient (Wildman–Crippen LogP) is 1.69. The molecule has 29 heavy (non-hydrogen) atoms. The fourth-order valence-corrected chi connectivity index (χ4v) is 5.74. The summed E-state index contributed by atoms with van der Waals surface area (Å²) in [6, 6.07) is 3.65. The molecular weight excluding hydrogens is 406 g/mol. The molecule has 1 N–H and O–H groups in total. The van der Waals surface area contributed by atoms with Crippen LogP contribution in [0.2, 0.25) is 0 Å². The van der Waals surface area contributed by atoms with Crippen molar-refractivity contribution in [2.75, 3.05) is 31.7 Å². The summed E-state index contributed by atoms with van der Waals surface area (Å²) in [4.78, 5) is 14.5. The van der Waals surface area contributed by atoms with Gasteiger partial charge in [-0.25, -0.2) is 8.42 Å². The molecule has 0 aromatic heterocycles. The molecule has 2 atom stereocenters. The van der Waals surface area contributed by atoms with Gasteiger partial charge in [-0.2, -0.15) is 8.78 Å². The number of ether oxygens (including phenoxy) is 2. The van der Waals surface area contributed by atoms with Gasteiger partial charge in [0.2, 0.25) is 5.91 Å². The second kappa shape index (κ2) is 9.08. The van der Waals surface area contributed by atoms with Gasteiger partial charge in [-0.05, 0) is 49.7 Å². The van der Waals surface area contributed by atoms with E-state index in [2.05, 4.69) is 15.0 Å². The fraction of sp³-hybridized carbons (Fsp3) is 0.526. The third-order valence-corrected chi connectivity index (χ3v) is 6.81. The minimum Gasteiger partial charge on any atom is -0.493 e. The van der Waals surface area contributed by atoms with Crippen LogP contribution in [0.25, 0.3) is 6.08 Å². The molecule has 2 saturated heterocycles. The molecule has 2 aliphatic heterocycles. The van der Waals surface area contributed by atoms with Crippen LogP contribution < -0.4 is 14.8 Å². The Kier molecular flexibility index (Phi) is 6.74. The van der Waals surface area contributed by atoms with Crippen molar-refractivity contribution in [1.29, 1.82) is 0 Å². The van der Waals surface area contributed by atoms with Gasteiger partial charge in [-0.3, -0.25) is 9.69 Å². The van der Waals surface area contributed by atoms with Crippen LogP contribution in [0, 0.1) is 0 Å². The molecule has 2 unspecified atom stereocenters. The van der Waals surface area contributed by atoms with E-state index < -0.39 is 28.4 Å². The maximum Gasteiger partial charge on any atom is 0.387 e. The van der Waals surface area contributed by atoms with Crippen molar-refractivity contribution in [3.05, 3.63) is 29.8 Å². The number of methoxy groups -OCH3 is 1. The summed E-state index contributed by atoms with van der Waals surface area (Å²) >= 11 is 0. The monoisotopic (exact) mass is 430 g/mol. The first kappa shape index (κ1) is 21.5. The van der Waals surface area contributed by atoms with Crippen LogP contribution in [-0.2, 0) is 14.6 Å². The van der Waals surface area contributed by atoms with E-state index in [0.717, 1.165) is 25.9 Å². The summed E-state index contributed by atoms with van der Waals surface area (Å²) in [5, 5.41) is 2.80. The second-order valence-electron chi connectivity index (χ2n) is 7.12. The molecule has 0 bridgehead atoms. The molecule has 160 valence electrons. The number of hydrogen-bond acceptors (Lipinski definition) is 6. The lowest BCUT2D eigenvalue weighted by atomic mass is 10.1. The second-order valence-corrected chi connectivity index (χ2v) is 9.28. The minimum atomic E-state index is -3.19. The minimum absolute atomic E-state index is 0.0600. The molecule has 0 radical (unpaired) electrons. The number of carbonyl (C=O) groups excluding carboxylic acids is 1. The Balaban J connectivity index is 1.65. The first-order chi connectivity index (χ1) is 13.8. The zero-order valence-corrected chi connectivity index (χ0v) is 16.8. The normalized spacial score (nSPS) is 24.3. The Morgan fingerprint density at radius 2 is 1.97 bits per heavy atom. The number of rotatable bonds is 7. The Labute approximate surface area is 168 Å². The molecule has 1 aromatic carbocycles. The highest BCUT2D eigenvalue weighted by Crippen LogP contribution is 2.30. The molecule has 10 heteroatoms. The highest BCUT2D eigenvalue weighted by molar-refractivity contribution is 7.91. The topological polar surface area (TPSA) is 84.9 Å². The number of benzene rings is 1. The first-order valence-electron chi connectivity index (χ1n) is 9.33. The van der Waals surface area contributed by atoms with Gasteiger partial charge in [0.1, 0.15) is 0 Å². The lowest BCUT2D eigenvalue weighted by Gasteiger charge is -2.28. The van der Waals surface area contributed by atoms with Gasteiger partial charge >= 0.3 is 6.61 Å². The third-order valence-electron chi connectivity index (χ3n) is 5.09. The Hall–Kier alpha value is -2.20. The number of nitrogens with zero attached hydrogens (tertiary/aromatic N) is 1. The highest BCUT2D eigenvalue weighted by atomic mass is 32.2. The van der Waals surface area contributed by atoms with Gasteiger partial charge in [-0.15, -0.1) is 0 Å². The van der Waals surface area contributed by atoms with E-state index in [0.29, 0.717) is 5.56 Å². The van der Waals surface area contributed by atoms with Crippen molar-refractivity contribution in [1.82, 2.24) is 10.2 Å². The molecule has 7 nitrogen and oxygen atoms in total. The van der Waals surface area contributed by atoms with Gasteiger partial charge in [0, 0.05) is 12.1 Å². The standard InChI is InChI=1S/C19H24F2N2O5S/c1-27-17-10-13(4-6-16(17)28-19(20)21)5-7-18(24)22-14-11-29(25,26)12-15(14)23-8-2-3-9-23/h4-7,10,14-15,19H,2-3,8-9,11-12H2,1H3,(H,22,24)/b7-5+. The smallest absolute Gasteiger partial charge is 0.387 e. The van der Waals surface area contributed by atoms with E-state index in [-0.39, 0.29) is 29.0 Å². The average Bonchev–Trinajstić information content (AvgIpc) is 3.27. The predicted molar refractivity (Wildman–Crippen MR) is 104 cm³/mol. The van der Waals surface area contributed by atoms with Crippen molar-refractivity contribution in [3.8, 4) is 11.5 Å². The SMILES string of the molecule is COc1cc(/C=C/C(=O)NC2CS(=O)(=O)CC2N2CCCC2)ccc1OC(F)F. The number of halogens is 2. The molecule has 2 heterocycles. The molecule has 1 aromatic rings. The summed E-state index contributed by atoms with van der Waals surface area (Å²) < 4.78 is 58.3. The van der Waals surface area contributed by atoms with E-state index in [1.807, 2.05) is 0 Å². The van der Waals surface area contributed by atoms with Gasteiger partial charge in [0.25, 0.3) is 0 Å². The van der Waals surface area contributed by atoms with Crippen LogP contribution in [-0.4, -0.2) is 69.6 Å². The Morgan fingerprint density at radius 3 is 2.62 bits per heavy atom. The average molecular weight is 430 g/mol. The van der Waals surface area contributed by atoms with Crippen LogP contribution in [0.5, 0.6) is 11.5 Å². The van der Waals surface area contributed by atoms with Crippen molar-refractivity contribution >= 4 is 21.8 Å². The summed E-state index contributed by atoms with van der Waals surface area (Å²) in [6.07, 6.45) is 4.85. The lowest BCUT2D eigenvalue weighted by molar-refractivity contribution is -0.117. The number of alkyl halides is 2. The van der Waals surface area contributed by atoms with Gasteiger partial charge < -0.3 is 14.8 Å². The number of nitrogens with one attached hydrogen (secondary N) is 1. The van der Waals surface area contributed by atoms with Gasteiger partial charge in [0.05, 0.1) is 24.7 Å². The first-order valence-corrected chi connectivity index (χ1v) is 11.2. The van der Waals surface area contributed by atoms with Crippen molar-refractivity contribution in [2.45, 2.75) is 31.5 Å². The van der Waals surface area contributed by atoms with E-state index in [1.54, 1.807) is 0 Å². The zero-order valence-electron chi connectivity index (χ0n) is 16.0. The Bertz CT molecular complexity index is 869. The van der Waals surface area contributed by atoms with Crippen LogP contribution in [0.15, 0.2) is 24.3 Å². The molecule has 0 saturated carbocycles. The number of sulfone groups is 1. The summed E-state index contributed by atoms with van der Waals surface area (Å²) in [5.41, 5.74) is 0.550. The van der Waals surface area contributed by atoms with E-state index in [4.69, 9.17) is 4.74 Å². The summed E-state index contributed by atoms with van der Waals surface area (Å²) in [7, 11) is -1.86. The fourth-order valence-electron chi connectivity index (χ4n) is 3.78. The third kappa shape index (κ3) is 5.66. The van der Waals surface area contributed by atoms with E-state index >= 15 is 0 Å². The number of amides is 1. The van der Waals surface area contributed by atoms with Gasteiger partial charge in [-0.1, -0.05) is 6.07 Å². The number of carbonyl (C=O) groups is 1. The molecular formula is C19H24F2N2O5S. The molecule has 1 amide bonds. The number of hydrogen-bond donors (Lipinski definition) is 1. The van der Waals surface area contributed by atoms with Crippen molar-refractivity contribution < 1.29 is 31.5 Å². The van der Waals surface area contributed by atoms with Crippen LogP contribution in [0.3, 0.4) is 0 Å². The van der Waals surface area contributed by atoms with Crippen LogP contribution >= 0.6 is 0 Å². The summed E-state index contributed by atoms with van der Waals surface area (Å²) in [5.74, 6) is -0.410. The van der Waals surface area contributed by atoms with Crippen molar-refractivity contribution in [2.24, 2.45) is 0 Å². The largest absolute Gasteiger partial charge is 0.493 e. The molecule has 0 spiro atoms. The summed E-state index contributed by atoms with van der Waals surface area (Å²) in [6.45, 7) is -1.29. The highest BCUT2D eigenvalue weighted by Gasteiger charge is 2.42. The van der Waals surface area contributed by atoms with E-state index in [1.165, 1.54) is 37.5 Å². The maximum atomic E-state index is 12.4. The van der Waals surface area contributed by atoms with E-state index in [9.17, 15) is 22.0 Å². The van der Waals surface area contributed by atoms with Gasteiger partial charge in [0.15, 0.2) is 21.3 Å². The zero-order chi connectivity index (χ0) is 21.0. The molecule has 2 aliphatic rings. The van der Waals surface area contributed by atoms with Crippen molar-refractivity contribution in [3.63, 3.8) is 0 Å². The number of likely N-dealkylation sites (tertiary alicyclic amines) is 1. The molecule has 0 aliphatic carbocycles. The lowest BCUT2D eigenvalue weighted by Crippen LogP contribution is -2.49. The quantitative estimate of drug-likeness (QED) is 0.663. The molecule has 3 rings (SSSR count). The molecule has 2 fully saturated rings. The van der Waals surface area contributed by atoms with Crippen LogP contribution in [0.1, 0.15) is 18.4 Å². The maximum absolute atomic E-state index is 12.4.